The summed E-state index contributed by atoms with van der Waals surface area (Å²) in [5, 5.41) is 19.8. The smallest absolute Gasteiger partial charge is 0.300 e. The summed E-state index contributed by atoms with van der Waals surface area (Å²) < 4.78 is 6.33. The van der Waals surface area contributed by atoms with Crippen LogP contribution in [0.1, 0.15) is 12.5 Å². The van der Waals surface area contributed by atoms with E-state index in [0.29, 0.717) is 11.4 Å². The third-order valence-corrected chi connectivity index (χ3v) is 7.09. The minimum atomic E-state index is -0.472. The highest BCUT2D eigenvalue weighted by molar-refractivity contribution is 5.61. The number of aryl methyl sites for hydroxylation is 1. The van der Waals surface area contributed by atoms with Gasteiger partial charge in [-0.2, -0.15) is 5.11 Å². The zero-order valence-corrected chi connectivity index (χ0v) is 19.7. The van der Waals surface area contributed by atoms with Gasteiger partial charge in [0.2, 0.25) is 0 Å². The van der Waals surface area contributed by atoms with E-state index in [4.69, 9.17) is 4.74 Å². The molecule has 2 aromatic carbocycles. The Morgan fingerprint density at radius 2 is 1.76 bits per heavy atom. The van der Waals surface area contributed by atoms with Crippen LogP contribution in [0.4, 0.5) is 22.7 Å². The van der Waals surface area contributed by atoms with E-state index in [1.807, 2.05) is 13.0 Å². The van der Waals surface area contributed by atoms with E-state index in [9.17, 15) is 10.1 Å². The largest absolute Gasteiger partial charge is 0.496 e. The summed E-state index contributed by atoms with van der Waals surface area (Å²) >= 11 is 0. The molecule has 3 heterocycles. The monoisotopic (exact) mass is 453 g/mol. The lowest BCUT2D eigenvalue weighted by Crippen LogP contribution is -2.68. The highest BCUT2D eigenvalue weighted by atomic mass is 16.6. The number of nitrogens with zero attached hydrogens (tertiary/aromatic N) is 6. The fourth-order valence-corrected chi connectivity index (χ4v) is 4.79. The Bertz CT molecular complexity index is 1020. The molecule has 3 aliphatic rings. The normalized spacial score (nSPS) is 22.0. The first kappa shape index (κ1) is 23.1. The molecular weight excluding hydrogens is 420 g/mol. The molecule has 0 unspecified atom stereocenters. The quantitative estimate of drug-likeness (QED) is 0.245. The molecule has 9 nitrogen and oxygen atoms in total. The van der Waals surface area contributed by atoms with E-state index in [0.717, 1.165) is 18.7 Å². The SMILES string of the molecule is CCN(CC[N+]12CCN(CC1)CC2)c1ccc(N=Nc2ccc(OC)cc2[N+](=O)[O-])c(C)c1. The van der Waals surface area contributed by atoms with Crippen LogP contribution in [-0.4, -0.2) is 80.3 Å². The van der Waals surface area contributed by atoms with Crippen molar-refractivity contribution in [2.75, 3.05) is 70.9 Å². The zero-order chi connectivity index (χ0) is 23.4. The number of rotatable bonds is 9. The van der Waals surface area contributed by atoms with Crippen LogP contribution in [0.5, 0.6) is 5.75 Å². The summed E-state index contributed by atoms with van der Waals surface area (Å²) in [6.45, 7) is 14.9. The van der Waals surface area contributed by atoms with Crippen molar-refractivity contribution in [2.24, 2.45) is 10.2 Å². The fourth-order valence-electron chi connectivity index (χ4n) is 4.79. The minimum Gasteiger partial charge on any atom is -0.496 e. The van der Waals surface area contributed by atoms with Crippen LogP contribution in [0.3, 0.4) is 0 Å². The van der Waals surface area contributed by atoms with Gasteiger partial charge >= 0.3 is 0 Å². The van der Waals surface area contributed by atoms with Crippen LogP contribution in [0.2, 0.25) is 0 Å². The molecule has 176 valence electrons. The van der Waals surface area contributed by atoms with Gasteiger partial charge in [0.05, 0.1) is 56.5 Å². The van der Waals surface area contributed by atoms with Crippen molar-refractivity contribution in [1.82, 2.24) is 4.90 Å². The summed E-state index contributed by atoms with van der Waals surface area (Å²) in [5.41, 5.74) is 2.95. The van der Waals surface area contributed by atoms with E-state index >= 15 is 0 Å². The van der Waals surface area contributed by atoms with Crippen molar-refractivity contribution in [3.8, 4) is 5.75 Å². The van der Waals surface area contributed by atoms with Gasteiger partial charge in [0.25, 0.3) is 5.69 Å². The van der Waals surface area contributed by atoms with Gasteiger partial charge < -0.3 is 14.1 Å². The standard InChI is InChI=1S/C24H33N6O3/c1-4-28(12-16-30-13-9-27(10-14-30)11-15-30)20-5-7-22(19(2)17-20)25-26-23-8-6-21(33-3)18-24(23)29(31)32/h5-8,17-18H,4,9-16H2,1-3H3/q+1. The number of anilines is 1. The molecular formula is C24H33N6O3+. The number of piperazine rings is 3. The first-order valence-electron chi connectivity index (χ1n) is 11.6. The number of nitro benzene ring substituents is 1. The highest BCUT2D eigenvalue weighted by Gasteiger charge is 2.38. The van der Waals surface area contributed by atoms with Gasteiger partial charge in [-0.05, 0) is 49.7 Å². The fraction of sp³-hybridized carbons (Fsp3) is 0.500. The Labute approximate surface area is 195 Å². The van der Waals surface area contributed by atoms with Gasteiger partial charge in [0, 0.05) is 31.9 Å². The van der Waals surface area contributed by atoms with Crippen molar-refractivity contribution in [3.05, 3.63) is 52.1 Å². The summed E-state index contributed by atoms with van der Waals surface area (Å²) in [5.74, 6) is 0.415. The van der Waals surface area contributed by atoms with Gasteiger partial charge in [-0.3, -0.25) is 15.0 Å². The molecule has 3 saturated heterocycles. The predicted molar refractivity (Wildman–Crippen MR) is 129 cm³/mol. The third-order valence-electron chi connectivity index (χ3n) is 7.09. The van der Waals surface area contributed by atoms with E-state index in [-0.39, 0.29) is 11.4 Å². The van der Waals surface area contributed by atoms with Gasteiger partial charge in [-0.15, -0.1) is 5.11 Å². The average molecular weight is 454 g/mol. The number of ether oxygens (including phenoxy) is 1. The van der Waals surface area contributed by atoms with Crippen LogP contribution in [0, 0.1) is 17.0 Å². The lowest BCUT2D eigenvalue weighted by molar-refractivity contribution is -0.939. The summed E-state index contributed by atoms with van der Waals surface area (Å²) in [6.07, 6.45) is 0. The van der Waals surface area contributed by atoms with Crippen molar-refractivity contribution >= 4 is 22.7 Å². The number of nitro groups is 1. The van der Waals surface area contributed by atoms with E-state index in [2.05, 4.69) is 39.1 Å². The zero-order valence-electron chi connectivity index (χ0n) is 19.7. The Hall–Kier alpha value is -3.04. The van der Waals surface area contributed by atoms with Crippen LogP contribution in [0.15, 0.2) is 46.6 Å². The highest BCUT2D eigenvalue weighted by Crippen LogP contribution is 2.33. The second kappa shape index (κ2) is 9.84. The van der Waals surface area contributed by atoms with Crippen LogP contribution in [-0.2, 0) is 0 Å². The number of hydrogen-bond acceptors (Lipinski definition) is 7. The maximum atomic E-state index is 11.4. The molecule has 0 aliphatic carbocycles. The third kappa shape index (κ3) is 5.15. The molecule has 0 spiro atoms. The molecule has 0 amide bonds. The molecule has 0 saturated carbocycles. The van der Waals surface area contributed by atoms with Gasteiger partial charge in [-0.1, -0.05) is 0 Å². The van der Waals surface area contributed by atoms with Crippen molar-refractivity contribution in [3.63, 3.8) is 0 Å². The molecule has 33 heavy (non-hydrogen) atoms. The minimum absolute atomic E-state index is 0.129. The lowest BCUT2D eigenvalue weighted by Gasteiger charge is -2.51. The molecule has 0 N–H and O–H groups in total. The predicted octanol–water partition coefficient (Wildman–Crippen LogP) is 4.30. The molecule has 3 fully saturated rings. The van der Waals surface area contributed by atoms with Crippen LogP contribution >= 0.6 is 0 Å². The average Bonchev–Trinajstić information content (AvgIpc) is 2.85. The number of likely N-dealkylation sites (N-methyl/N-ethyl adjacent to an activating group) is 1. The van der Waals surface area contributed by atoms with Gasteiger partial charge in [0.1, 0.15) is 5.75 Å². The second-order valence-electron chi connectivity index (χ2n) is 8.94. The van der Waals surface area contributed by atoms with Crippen LogP contribution < -0.4 is 9.64 Å². The number of hydrogen-bond donors (Lipinski definition) is 0. The lowest BCUT2D eigenvalue weighted by atomic mass is 10.1. The number of benzene rings is 2. The Balaban J connectivity index is 1.46. The van der Waals surface area contributed by atoms with E-state index in [1.54, 1.807) is 12.1 Å². The summed E-state index contributed by atoms with van der Waals surface area (Å²) in [6, 6.07) is 10.7. The number of azo groups is 1. The molecule has 0 aromatic heterocycles. The van der Waals surface area contributed by atoms with Crippen molar-refractivity contribution < 1.29 is 14.1 Å². The van der Waals surface area contributed by atoms with Gasteiger partial charge in [0.15, 0.2) is 5.69 Å². The Morgan fingerprint density at radius 3 is 2.36 bits per heavy atom. The first-order valence-corrected chi connectivity index (χ1v) is 11.6. The summed E-state index contributed by atoms with van der Waals surface area (Å²) in [4.78, 5) is 15.9. The van der Waals surface area contributed by atoms with Gasteiger partial charge in [-0.25, -0.2) is 0 Å². The van der Waals surface area contributed by atoms with Crippen LogP contribution in [0.25, 0.3) is 0 Å². The maximum Gasteiger partial charge on any atom is 0.300 e. The number of methoxy groups -OCH3 is 1. The molecule has 0 atom stereocenters. The summed E-state index contributed by atoms with van der Waals surface area (Å²) in [7, 11) is 1.47. The van der Waals surface area contributed by atoms with Crippen molar-refractivity contribution in [2.45, 2.75) is 13.8 Å². The van der Waals surface area contributed by atoms with Crippen molar-refractivity contribution in [1.29, 1.82) is 0 Å². The molecule has 5 rings (SSSR count). The Kier molecular flexibility index (Phi) is 6.90. The number of quaternary nitrogens is 1. The second-order valence-corrected chi connectivity index (χ2v) is 8.94. The molecule has 3 aliphatic heterocycles. The topological polar surface area (TPSA) is 83.6 Å². The first-order chi connectivity index (χ1) is 15.9. The molecule has 2 aromatic rings. The Morgan fingerprint density at radius 1 is 1.09 bits per heavy atom. The molecule has 2 bridgehead atoms. The molecule has 9 heteroatoms. The number of fused-ring (bicyclic) bond motifs is 3. The molecule has 0 radical (unpaired) electrons. The maximum absolute atomic E-state index is 11.4. The van der Waals surface area contributed by atoms with E-state index in [1.165, 1.54) is 69.2 Å². The van der Waals surface area contributed by atoms with E-state index < -0.39 is 4.92 Å².